The van der Waals surface area contributed by atoms with E-state index in [2.05, 4.69) is 34.5 Å². The predicted molar refractivity (Wildman–Crippen MR) is 96.1 cm³/mol. The zero-order chi connectivity index (χ0) is 16.8. The van der Waals surface area contributed by atoms with E-state index in [9.17, 15) is 0 Å². The molecule has 0 radical (unpaired) electrons. The second kappa shape index (κ2) is 13.6. The average Bonchev–Trinajstić information content (AvgIpc) is 2.57. The summed E-state index contributed by atoms with van der Waals surface area (Å²) in [6.07, 6.45) is 4.83. The van der Waals surface area contributed by atoms with Gasteiger partial charge in [0.15, 0.2) is 5.96 Å². The molecule has 0 saturated carbocycles. The summed E-state index contributed by atoms with van der Waals surface area (Å²) in [4.78, 5) is 6.65. The van der Waals surface area contributed by atoms with Crippen molar-refractivity contribution in [1.29, 1.82) is 0 Å². The lowest BCUT2D eigenvalue weighted by Gasteiger charge is -2.29. The molecule has 1 rings (SSSR count). The van der Waals surface area contributed by atoms with E-state index in [4.69, 9.17) is 9.47 Å². The summed E-state index contributed by atoms with van der Waals surface area (Å²) < 4.78 is 11.0. The van der Waals surface area contributed by atoms with Gasteiger partial charge in [0.1, 0.15) is 0 Å². The van der Waals surface area contributed by atoms with Crippen LogP contribution in [0.5, 0.6) is 0 Å². The smallest absolute Gasteiger partial charge is 0.191 e. The van der Waals surface area contributed by atoms with Gasteiger partial charge in [0, 0.05) is 26.7 Å². The fourth-order valence-corrected chi connectivity index (χ4v) is 2.54. The molecule has 0 unspecified atom stereocenters. The summed E-state index contributed by atoms with van der Waals surface area (Å²) in [5, 5.41) is 6.71. The minimum Gasteiger partial charge on any atom is -0.379 e. The number of hydrogen-bond acceptors (Lipinski definition) is 4. The first-order chi connectivity index (χ1) is 11.3. The van der Waals surface area contributed by atoms with E-state index in [1.165, 1.54) is 32.4 Å². The molecule has 0 aromatic heterocycles. The number of nitrogens with one attached hydrogen (secondary N) is 2. The molecular formula is C17H36N4O2. The maximum absolute atomic E-state index is 5.54. The Balaban J connectivity index is 1.95. The molecule has 0 aromatic rings. The van der Waals surface area contributed by atoms with Crippen molar-refractivity contribution in [2.45, 2.75) is 32.6 Å². The fourth-order valence-electron chi connectivity index (χ4n) is 2.54. The molecule has 0 spiro atoms. The molecule has 1 heterocycles. The van der Waals surface area contributed by atoms with Gasteiger partial charge in [-0.2, -0.15) is 0 Å². The molecule has 6 heteroatoms. The highest BCUT2D eigenvalue weighted by molar-refractivity contribution is 5.79. The summed E-state index contributed by atoms with van der Waals surface area (Å²) in [5.74, 6) is 1.62. The van der Waals surface area contributed by atoms with E-state index < -0.39 is 0 Å². The predicted octanol–water partition coefficient (Wildman–Crippen LogP) is 1.33. The number of rotatable bonds is 11. The maximum Gasteiger partial charge on any atom is 0.191 e. The van der Waals surface area contributed by atoms with E-state index in [0.717, 1.165) is 38.0 Å². The number of likely N-dealkylation sites (tertiary alicyclic amines) is 1. The number of hydrogen-bond donors (Lipinski definition) is 2. The second-order valence-corrected chi connectivity index (χ2v) is 6.20. The van der Waals surface area contributed by atoms with Crippen LogP contribution in [0.15, 0.2) is 4.99 Å². The van der Waals surface area contributed by atoms with Crippen molar-refractivity contribution in [3.05, 3.63) is 0 Å². The van der Waals surface area contributed by atoms with Gasteiger partial charge < -0.3 is 25.0 Å². The number of piperidine rings is 1. The molecule has 0 bridgehead atoms. The van der Waals surface area contributed by atoms with Gasteiger partial charge in [-0.05, 0) is 45.3 Å². The molecule has 0 aliphatic carbocycles. The average molecular weight is 329 g/mol. The lowest BCUT2D eigenvalue weighted by molar-refractivity contribution is 0.0487. The maximum atomic E-state index is 5.54. The van der Waals surface area contributed by atoms with E-state index in [-0.39, 0.29) is 0 Å². The number of nitrogens with zero attached hydrogens (tertiary/aromatic N) is 2. The Morgan fingerprint density at radius 3 is 2.43 bits per heavy atom. The van der Waals surface area contributed by atoms with Crippen LogP contribution in [0, 0.1) is 5.92 Å². The molecule has 1 aliphatic rings. The Hall–Kier alpha value is -0.850. The highest BCUT2D eigenvalue weighted by atomic mass is 16.5. The van der Waals surface area contributed by atoms with E-state index in [1.807, 2.05) is 7.05 Å². The van der Waals surface area contributed by atoms with Crippen LogP contribution < -0.4 is 10.6 Å². The van der Waals surface area contributed by atoms with E-state index >= 15 is 0 Å². The third kappa shape index (κ3) is 10.5. The number of unbranched alkanes of at least 4 members (excludes halogenated alkanes) is 1. The molecule has 136 valence electrons. The highest BCUT2D eigenvalue weighted by Gasteiger charge is 2.16. The first-order valence-electron chi connectivity index (χ1n) is 9.04. The molecule has 1 fully saturated rings. The third-order valence-corrected chi connectivity index (χ3v) is 4.17. The second-order valence-electron chi connectivity index (χ2n) is 6.20. The summed E-state index contributed by atoms with van der Waals surface area (Å²) in [6, 6.07) is 0. The zero-order valence-corrected chi connectivity index (χ0v) is 15.3. The van der Waals surface area contributed by atoms with E-state index in [1.54, 1.807) is 0 Å². The molecule has 23 heavy (non-hydrogen) atoms. The first-order valence-corrected chi connectivity index (χ1v) is 9.04. The molecule has 0 atom stereocenters. The van der Waals surface area contributed by atoms with Crippen LogP contribution in [0.1, 0.15) is 32.6 Å². The van der Waals surface area contributed by atoms with Gasteiger partial charge in [-0.1, -0.05) is 13.3 Å². The molecule has 6 nitrogen and oxygen atoms in total. The van der Waals surface area contributed by atoms with Crippen molar-refractivity contribution in [2.75, 3.05) is 66.7 Å². The van der Waals surface area contributed by atoms with Crippen LogP contribution in [0.4, 0.5) is 0 Å². The first kappa shape index (κ1) is 20.2. The summed E-state index contributed by atoms with van der Waals surface area (Å²) >= 11 is 0. The van der Waals surface area contributed by atoms with Crippen LogP contribution in [0.3, 0.4) is 0 Å². The third-order valence-electron chi connectivity index (χ3n) is 4.17. The zero-order valence-electron chi connectivity index (χ0n) is 15.3. The fraction of sp³-hybridized carbons (Fsp3) is 0.941. The normalized spacial score (nSPS) is 17.4. The Kier molecular flexibility index (Phi) is 11.9. The van der Waals surface area contributed by atoms with Crippen molar-refractivity contribution in [2.24, 2.45) is 10.9 Å². The molecular weight excluding hydrogens is 292 g/mol. The van der Waals surface area contributed by atoms with Crippen LogP contribution in [0.2, 0.25) is 0 Å². The Bertz CT molecular complexity index is 305. The van der Waals surface area contributed by atoms with Gasteiger partial charge >= 0.3 is 0 Å². The number of aliphatic imine (C=N–C) groups is 1. The molecule has 1 aliphatic heterocycles. The van der Waals surface area contributed by atoms with Gasteiger partial charge in [0.05, 0.1) is 19.8 Å². The molecule has 1 saturated heterocycles. The quantitative estimate of drug-likeness (QED) is 0.340. The van der Waals surface area contributed by atoms with E-state index in [0.29, 0.717) is 19.8 Å². The summed E-state index contributed by atoms with van der Waals surface area (Å²) in [6.45, 7) is 9.19. The van der Waals surface area contributed by atoms with Gasteiger partial charge in [0.25, 0.3) is 0 Å². The van der Waals surface area contributed by atoms with Crippen molar-refractivity contribution >= 4 is 5.96 Å². The Morgan fingerprint density at radius 1 is 1.09 bits per heavy atom. The van der Waals surface area contributed by atoms with Crippen molar-refractivity contribution < 1.29 is 9.47 Å². The SMILES string of the molecule is CCCCOCCOCCNC(=NC)NCC1CCN(C)CC1. The van der Waals surface area contributed by atoms with Crippen LogP contribution >= 0.6 is 0 Å². The number of ether oxygens (including phenoxy) is 2. The van der Waals surface area contributed by atoms with Crippen LogP contribution in [-0.4, -0.2) is 77.6 Å². The lowest BCUT2D eigenvalue weighted by Crippen LogP contribution is -2.43. The molecule has 2 N–H and O–H groups in total. The molecule has 0 aromatic carbocycles. The van der Waals surface area contributed by atoms with Crippen molar-refractivity contribution in [3.8, 4) is 0 Å². The van der Waals surface area contributed by atoms with Gasteiger partial charge in [-0.15, -0.1) is 0 Å². The summed E-state index contributed by atoms with van der Waals surface area (Å²) in [5.41, 5.74) is 0. The molecule has 0 amide bonds. The minimum absolute atomic E-state index is 0.660. The minimum atomic E-state index is 0.660. The number of guanidine groups is 1. The van der Waals surface area contributed by atoms with Crippen LogP contribution in [-0.2, 0) is 9.47 Å². The van der Waals surface area contributed by atoms with Gasteiger partial charge in [-0.3, -0.25) is 4.99 Å². The van der Waals surface area contributed by atoms with Crippen LogP contribution in [0.25, 0.3) is 0 Å². The largest absolute Gasteiger partial charge is 0.379 e. The standard InChI is InChI=1S/C17H36N4O2/c1-4-5-11-22-13-14-23-12-8-19-17(18-2)20-15-16-6-9-21(3)10-7-16/h16H,4-15H2,1-3H3,(H2,18,19,20). The lowest BCUT2D eigenvalue weighted by atomic mass is 9.97. The van der Waals surface area contributed by atoms with Gasteiger partial charge in [0.2, 0.25) is 0 Å². The topological polar surface area (TPSA) is 58.1 Å². The van der Waals surface area contributed by atoms with Gasteiger partial charge in [-0.25, -0.2) is 0 Å². The van der Waals surface area contributed by atoms with Crippen molar-refractivity contribution in [1.82, 2.24) is 15.5 Å². The highest BCUT2D eigenvalue weighted by Crippen LogP contribution is 2.14. The monoisotopic (exact) mass is 328 g/mol. The summed E-state index contributed by atoms with van der Waals surface area (Å²) in [7, 11) is 4.01. The van der Waals surface area contributed by atoms with Crippen molar-refractivity contribution in [3.63, 3.8) is 0 Å². The Morgan fingerprint density at radius 2 is 1.78 bits per heavy atom. The Labute approximate surface area is 142 Å².